The predicted octanol–water partition coefficient (Wildman–Crippen LogP) is 1.51. The number of carboxylic acids is 1. The molecule has 6 heteroatoms. The summed E-state index contributed by atoms with van der Waals surface area (Å²) in [7, 11) is 0. The van der Waals surface area contributed by atoms with Crippen molar-refractivity contribution < 1.29 is 19.4 Å². The van der Waals surface area contributed by atoms with Crippen LogP contribution in [0.3, 0.4) is 0 Å². The zero-order chi connectivity index (χ0) is 12.4. The highest BCUT2D eigenvalue weighted by molar-refractivity contribution is 9.10. The first-order valence-corrected chi connectivity index (χ1v) is 5.80. The summed E-state index contributed by atoms with van der Waals surface area (Å²) < 4.78 is 5.75. The summed E-state index contributed by atoms with van der Waals surface area (Å²) in [5.41, 5.74) is 0.517. The maximum absolute atomic E-state index is 11.7. The minimum absolute atomic E-state index is 0.00836. The van der Waals surface area contributed by atoms with E-state index in [9.17, 15) is 9.59 Å². The van der Waals surface area contributed by atoms with Crippen molar-refractivity contribution in [1.82, 2.24) is 0 Å². The van der Waals surface area contributed by atoms with Crippen LogP contribution in [0.25, 0.3) is 0 Å². The Kier molecular flexibility index (Phi) is 3.44. The number of rotatable bonds is 2. The third-order valence-electron chi connectivity index (χ3n) is 2.47. The zero-order valence-corrected chi connectivity index (χ0v) is 10.4. The molecule has 1 aromatic carbocycles. The highest BCUT2D eigenvalue weighted by Gasteiger charge is 2.24. The molecule has 1 N–H and O–H groups in total. The summed E-state index contributed by atoms with van der Waals surface area (Å²) >= 11 is 3.27. The number of aromatic carboxylic acids is 1. The van der Waals surface area contributed by atoms with Crippen molar-refractivity contribution in [2.24, 2.45) is 0 Å². The van der Waals surface area contributed by atoms with Gasteiger partial charge in [-0.25, -0.2) is 4.79 Å². The van der Waals surface area contributed by atoms with E-state index in [0.29, 0.717) is 18.8 Å². The first kappa shape index (κ1) is 12.1. The van der Waals surface area contributed by atoms with Crippen LogP contribution in [-0.2, 0) is 9.53 Å². The molecule has 0 aliphatic carbocycles. The standard InChI is InChI=1S/C11H10BrNO4/c12-7-1-2-8(11(15)16)9(5-7)13-3-4-17-6-10(13)14/h1-2,5H,3-4,6H2,(H,15,16). The van der Waals surface area contributed by atoms with Crippen molar-refractivity contribution in [1.29, 1.82) is 0 Å². The Balaban J connectivity index is 2.45. The number of benzene rings is 1. The topological polar surface area (TPSA) is 66.8 Å². The van der Waals surface area contributed by atoms with E-state index >= 15 is 0 Å². The molecule has 0 aromatic heterocycles. The van der Waals surface area contributed by atoms with Crippen LogP contribution in [0.5, 0.6) is 0 Å². The Morgan fingerprint density at radius 1 is 1.47 bits per heavy atom. The van der Waals surface area contributed by atoms with Crippen molar-refractivity contribution in [2.45, 2.75) is 0 Å². The zero-order valence-electron chi connectivity index (χ0n) is 8.85. The number of carboxylic acid groups (broad SMARTS) is 1. The van der Waals surface area contributed by atoms with Crippen LogP contribution in [0.1, 0.15) is 10.4 Å². The van der Waals surface area contributed by atoms with Crippen molar-refractivity contribution in [2.75, 3.05) is 24.7 Å². The Hall–Kier alpha value is -1.40. The lowest BCUT2D eigenvalue weighted by atomic mass is 10.1. The second-order valence-electron chi connectivity index (χ2n) is 3.56. The molecule has 2 rings (SSSR count). The summed E-state index contributed by atoms with van der Waals surface area (Å²) in [4.78, 5) is 24.2. The van der Waals surface area contributed by atoms with Gasteiger partial charge in [-0.3, -0.25) is 4.79 Å². The molecule has 90 valence electrons. The monoisotopic (exact) mass is 299 g/mol. The number of anilines is 1. The fourth-order valence-electron chi connectivity index (χ4n) is 1.68. The highest BCUT2D eigenvalue weighted by Crippen LogP contribution is 2.26. The summed E-state index contributed by atoms with van der Waals surface area (Å²) in [5, 5.41) is 9.09. The lowest BCUT2D eigenvalue weighted by molar-refractivity contribution is -0.125. The smallest absolute Gasteiger partial charge is 0.337 e. The number of hydrogen-bond donors (Lipinski definition) is 1. The van der Waals surface area contributed by atoms with Gasteiger partial charge in [0.2, 0.25) is 0 Å². The lowest BCUT2D eigenvalue weighted by Crippen LogP contribution is -2.42. The molecule has 1 aliphatic heterocycles. The number of carbonyl (C=O) groups excluding carboxylic acids is 1. The van der Waals surface area contributed by atoms with E-state index in [-0.39, 0.29) is 18.1 Å². The Bertz CT molecular complexity index is 475. The molecular weight excluding hydrogens is 290 g/mol. The Labute approximate surface area is 106 Å². The van der Waals surface area contributed by atoms with E-state index in [1.165, 1.54) is 11.0 Å². The van der Waals surface area contributed by atoms with Crippen molar-refractivity contribution in [3.8, 4) is 0 Å². The van der Waals surface area contributed by atoms with Crippen LogP contribution >= 0.6 is 15.9 Å². The van der Waals surface area contributed by atoms with Crippen LogP contribution < -0.4 is 4.90 Å². The third-order valence-corrected chi connectivity index (χ3v) is 2.96. The molecule has 1 heterocycles. The van der Waals surface area contributed by atoms with E-state index < -0.39 is 5.97 Å². The van der Waals surface area contributed by atoms with Gasteiger partial charge in [-0.15, -0.1) is 0 Å². The molecule has 0 unspecified atom stereocenters. The first-order chi connectivity index (χ1) is 8.09. The molecule has 1 saturated heterocycles. The van der Waals surface area contributed by atoms with Gasteiger partial charge in [0.1, 0.15) is 6.61 Å². The molecule has 1 aliphatic rings. The van der Waals surface area contributed by atoms with E-state index in [2.05, 4.69) is 15.9 Å². The molecule has 5 nitrogen and oxygen atoms in total. The van der Waals surface area contributed by atoms with E-state index in [4.69, 9.17) is 9.84 Å². The molecule has 1 aromatic rings. The van der Waals surface area contributed by atoms with Gasteiger partial charge in [0.25, 0.3) is 5.91 Å². The molecule has 0 spiro atoms. The van der Waals surface area contributed by atoms with Crippen LogP contribution in [0.4, 0.5) is 5.69 Å². The molecule has 17 heavy (non-hydrogen) atoms. The van der Waals surface area contributed by atoms with Crippen LogP contribution in [0.2, 0.25) is 0 Å². The number of amides is 1. The van der Waals surface area contributed by atoms with E-state index in [1.807, 2.05) is 0 Å². The molecule has 0 radical (unpaired) electrons. The van der Waals surface area contributed by atoms with Gasteiger partial charge in [0.15, 0.2) is 0 Å². The average molecular weight is 300 g/mol. The summed E-state index contributed by atoms with van der Waals surface area (Å²) in [6.07, 6.45) is 0. The minimum Gasteiger partial charge on any atom is -0.478 e. The third kappa shape index (κ3) is 2.48. The molecular formula is C11H10BrNO4. The molecule has 1 fully saturated rings. The van der Waals surface area contributed by atoms with Crippen LogP contribution in [0, 0.1) is 0 Å². The maximum Gasteiger partial charge on any atom is 0.337 e. The number of nitrogens with zero attached hydrogens (tertiary/aromatic N) is 1. The van der Waals surface area contributed by atoms with Gasteiger partial charge in [-0.1, -0.05) is 15.9 Å². The first-order valence-electron chi connectivity index (χ1n) is 5.00. The largest absolute Gasteiger partial charge is 0.478 e. The average Bonchev–Trinajstić information content (AvgIpc) is 2.29. The van der Waals surface area contributed by atoms with Crippen molar-refractivity contribution >= 4 is 33.5 Å². The summed E-state index contributed by atoms with van der Waals surface area (Å²) in [5.74, 6) is -1.27. The van der Waals surface area contributed by atoms with Gasteiger partial charge in [-0.05, 0) is 18.2 Å². The number of halogens is 1. The highest BCUT2D eigenvalue weighted by atomic mass is 79.9. The fourth-order valence-corrected chi connectivity index (χ4v) is 2.03. The van der Waals surface area contributed by atoms with E-state index in [1.54, 1.807) is 12.1 Å². The normalized spacial score (nSPS) is 16.1. The Morgan fingerprint density at radius 2 is 2.24 bits per heavy atom. The second-order valence-corrected chi connectivity index (χ2v) is 4.48. The van der Waals surface area contributed by atoms with Crippen LogP contribution in [0.15, 0.2) is 22.7 Å². The maximum atomic E-state index is 11.7. The molecule has 1 amide bonds. The summed E-state index contributed by atoms with van der Waals surface area (Å²) in [6, 6.07) is 4.75. The predicted molar refractivity (Wildman–Crippen MR) is 64.3 cm³/mol. The van der Waals surface area contributed by atoms with Gasteiger partial charge in [0.05, 0.1) is 17.9 Å². The Morgan fingerprint density at radius 3 is 2.88 bits per heavy atom. The van der Waals surface area contributed by atoms with Crippen molar-refractivity contribution in [3.63, 3.8) is 0 Å². The minimum atomic E-state index is -1.05. The quantitative estimate of drug-likeness (QED) is 0.899. The number of hydrogen-bond acceptors (Lipinski definition) is 3. The van der Waals surface area contributed by atoms with Gasteiger partial charge < -0.3 is 14.7 Å². The van der Waals surface area contributed by atoms with Gasteiger partial charge >= 0.3 is 5.97 Å². The lowest BCUT2D eigenvalue weighted by Gasteiger charge is -2.28. The second kappa shape index (κ2) is 4.85. The number of carbonyl (C=O) groups is 2. The SMILES string of the molecule is O=C(O)c1ccc(Br)cc1N1CCOCC1=O. The van der Waals surface area contributed by atoms with Crippen molar-refractivity contribution in [3.05, 3.63) is 28.2 Å². The molecule has 0 atom stereocenters. The molecule has 0 bridgehead atoms. The number of ether oxygens (including phenoxy) is 1. The molecule has 0 saturated carbocycles. The summed E-state index contributed by atoms with van der Waals surface area (Å²) in [6.45, 7) is 0.776. The van der Waals surface area contributed by atoms with Crippen LogP contribution in [-0.4, -0.2) is 36.7 Å². The van der Waals surface area contributed by atoms with Gasteiger partial charge in [0, 0.05) is 11.0 Å². The number of morpholine rings is 1. The van der Waals surface area contributed by atoms with E-state index in [0.717, 1.165) is 4.47 Å². The van der Waals surface area contributed by atoms with Gasteiger partial charge in [-0.2, -0.15) is 0 Å². The fraction of sp³-hybridized carbons (Fsp3) is 0.273.